The molecule has 3 heterocycles. The van der Waals surface area contributed by atoms with Crippen molar-refractivity contribution in [2.75, 3.05) is 31.2 Å². The molecule has 5 nitrogen and oxygen atoms in total. The Kier molecular flexibility index (Phi) is 4.50. The van der Waals surface area contributed by atoms with Crippen molar-refractivity contribution < 1.29 is 17.9 Å². The summed E-state index contributed by atoms with van der Waals surface area (Å²) in [6, 6.07) is 0. The maximum atomic E-state index is 12.5. The summed E-state index contributed by atoms with van der Waals surface area (Å²) in [6.07, 6.45) is -3.62. The number of aromatic nitrogens is 3. The molecule has 9 heteroatoms. The summed E-state index contributed by atoms with van der Waals surface area (Å²) in [5.41, 5.74) is 1.82. The van der Waals surface area contributed by atoms with Gasteiger partial charge < -0.3 is 9.64 Å². The van der Waals surface area contributed by atoms with Gasteiger partial charge in [0.25, 0.3) is 0 Å². The molecular weight excluding hydrogens is 377 g/mol. The van der Waals surface area contributed by atoms with Gasteiger partial charge in [-0.25, -0.2) is 9.97 Å². The molecule has 0 bridgehead atoms. The van der Waals surface area contributed by atoms with Crippen molar-refractivity contribution in [3.63, 3.8) is 0 Å². The average molecular weight is 393 g/mol. The number of ether oxygens (including phenoxy) is 1. The highest BCUT2D eigenvalue weighted by Crippen LogP contribution is 2.28. The first-order valence-electron chi connectivity index (χ1n) is 7.28. The first kappa shape index (κ1) is 16.5. The van der Waals surface area contributed by atoms with E-state index in [1.807, 2.05) is 11.8 Å². The molecule has 1 aliphatic rings. The number of anilines is 1. The van der Waals surface area contributed by atoms with Crippen LogP contribution in [0.3, 0.4) is 0 Å². The maximum Gasteiger partial charge on any atom is 0.389 e. The van der Waals surface area contributed by atoms with Gasteiger partial charge in [-0.1, -0.05) is 0 Å². The molecule has 1 saturated heterocycles. The van der Waals surface area contributed by atoms with Crippen LogP contribution in [0.1, 0.15) is 17.8 Å². The smallest absolute Gasteiger partial charge is 0.378 e. The van der Waals surface area contributed by atoms with Gasteiger partial charge in [0, 0.05) is 25.7 Å². The lowest BCUT2D eigenvalue weighted by atomic mass is 10.2. The van der Waals surface area contributed by atoms with Gasteiger partial charge in [0.05, 0.1) is 24.6 Å². The monoisotopic (exact) mass is 392 g/mol. The summed E-state index contributed by atoms with van der Waals surface area (Å²) in [5, 5.41) is 0. The molecule has 0 unspecified atom stereocenters. The SMILES string of the molecule is Cc1nc2c(N3CCOCC3)nc(CCC(F)(F)F)cn2c1Br. The first-order chi connectivity index (χ1) is 10.8. The molecule has 1 fully saturated rings. The average Bonchev–Trinajstić information content (AvgIpc) is 2.80. The maximum absolute atomic E-state index is 12.5. The lowest BCUT2D eigenvalue weighted by Crippen LogP contribution is -2.37. The van der Waals surface area contributed by atoms with Crippen LogP contribution in [0.4, 0.5) is 19.0 Å². The van der Waals surface area contributed by atoms with E-state index in [2.05, 4.69) is 25.9 Å². The van der Waals surface area contributed by atoms with Crippen LogP contribution >= 0.6 is 15.9 Å². The van der Waals surface area contributed by atoms with Gasteiger partial charge in [0.15, 0.2) is 11.5 Å². The highest BCUT2D eigenvalue weighted by atomic mass is 79.9. The number of rotatable bonds is 3. The van der Waals surface area contributed by atoms with Crippen LogP contribution in [-0.2, 0) is 11.2 Å². The second-order valence-electron chi connectivity index (χ2n) is 5.45. The number of fused-ring (bicyclic) bond motifs is 1. The van der Waals surface area contributed by atoms with Crippen molar-refractivity contribution in [2.24, 2.45) is 0 Å². The third kappa shape index (κ3) is 3.60. The predicted molar refractivity (Wildman–Crippen MR) is 82.8 cm³/mol. The number of morpholine rings is 1. The molecule has 3 rings (SSSR count). The minimum atomic E-state index is -4.20. The Hall–Kier alpha value is -1.35. The largest absolute Gasteiger partial charge is 0.389 e. The first-order valence-corrected chi connectivity index (χ1v) is 8.08. The molecule has 0 radical (unpaired) electrons. The van der Waals surface area contributed by atoms with E-state index in [0.717, 1.165) is 10.3 Å². The summed E-state index contributed by atoms with van der Waals surface area (Å²) >= 11 is 3.44. The lowest BCUT2D eigenvalue weighted by molar-refractivity contribution is -0.134. The zero-order chi connectivity index (χ0) is 16.6. The number of halogens is 4. The molecule has 23 heavy (non-hydrogen) atoms. The normalized spacial score (nSPS) is 16.3. The molecule has 0 atom stereocenters. The van der Waals surface area contributed by atoms with E-state index in [1.165, 1.54) is 0 Å². The van der Waals surface area contributed by atoms with Crippen LogP contribution in [0.5, 0.6) is 0 Å². The van der Waals surface area contributed by atoms with Crippen molar-refractivity contribution in [1.29, 1.82) is 0 Å². The minimum Gasteiger partial charge on any atom is -0.378 e. The van der Waals surface area contributed by atoms with E-state index < -0.39 is 12.6 Å². The van der Waals surface area contributed by atoms with Crippen LogP contribution in [0.2, 0.25) is 0 Å². The lowest BCUT2D eigenvalue weighted by Gasteiger charge is -2.28. The highest BCUT2D eigenvalue weighted by molar-refractivity contribution is 9.10. The van der Waals surface area contributed by atoms with Gasteiger partial charge >= 0.3 is 6.18 Å². The van der Waals surface area contributed by atoms with Crippen molar-refractivity contribution in [3.8, 4) is 0 Å². The molecule has 0 aliphatic carbocycles. The molecule has 0 spiro atoms. The minimum absolute atomic E-state index is 0.152. The van der Waals surface area contributed by atoms with Crippen molar-refractivity contribution in [3.05, 3.63) is 22.2 Å². The number of hydrogen-bond acceptors (Lipinski definition) is 4. The fraction of sp³-hybridized carbons (Fsp3) is 0.571. The fourth-order valence-corrected chi connectivity index (χ4v) is 2.90. The molecule has 0 saturated carbocycles. The summed E-state index contributed by atoms with van der Waals surface area (Å²) in [5.74, 6) is 0.613. The Morgan fingerprint density at radius 1 is 1.26 bits per heavy atom. The second kappa shape index (κ2) is 6.27. The molecule has 126 valence electrons. The quantitative estimate of drug-likeness (QED) is 0.804. The Labute approximate surface area is 139 Å². The molecule has 2 aromatic heterocycles. The second-order valence-corrected chi connectivity index (χ2v) is 6.20. The Bertz CT molecular complexity index is 710. The van der Waals surface area contributed by atoms with E-state index in [9.17, 15) is 13.2 Å². The third-order valence-corrected chi connectivity index (χ3v) is 4.67. The van der Waals surface area contributed by atoms with Gasteiger partial charge in [-0.3, -0.25) is 4.40 Å². The topological polar surface area (TPSA) is 42.7 Å². The zero-order valence-electron chi connectivity index (χ0n) is 12.5. The molecular formula is C14H16BrF3N4O. The van der Waals surface area contributed by atoms with E-state index in [-0.39, 0.29) is 6.42 Å². The molecule has 1 aliphatic heterocycles. The summed E-state index contributed by atoms with van der Waals surface area (Å²) in [7, 11) is 0. The summed E-state index contributed by atoms with van der Waals surface area (Å²) < 4.78 is 45.4. The fourth-order valence-electron chi connectivity index (χ4n) is 2.54. The van der Waals surface area contributed by atoms with Gasteiger partial charge in [-0.05, 0) is 29.3 Å². The van der Waals surface area contributed by atoms with E-state index in [0.29, 0.717) is 43.5 Å². The third-order valence-electron chi connectivity index (χ3n) is 3.71. The standard InChI is InChI=1S/C14H16BrF3N4O/c1-9-11(15)22-8-10(2-3-14(16,17)18)20-12(13(22)19-9)21-4-6-23-7-5-21/h8H,2-7H2,1H3. The number of hydrogen-bond donors (Lipinski definition) is 0. The number of alkyl halides is 3. The van der Waals surface area contributed by atoms with E-state index >= 15 is 0 Å². The Morgan fingerprint density at radius 3 is 2.61 bits per heavy atom. The Balaban J connectivity index is 2.02. The molecule has 0 aromatic carbocycles. The van der Waals surface area contributed by atoms with E-state index in [4.69, 9.17) is 4.74 Å². The Morgan fingerprint density at radius 2 is 1.96 bits per heavy atom. The van der Waals surface area contributed by atoms with Gasteiger partial charge in [0.2, 0.25) is 0 Å². The van der Waals surface area contributed by atoms with Crippen molar-refractivity contribution in [2.45, 2.75) is 25.9 Å². The van der Waals surface area contributed by atoms with Crippen molar-refractivity contribution >= 4 is 27.4 Å². The number of imidazole rings is 1. The predicted octanol–water partition coefficient (Wildman–Crippen LogP) is 3.13. The van der Waals surface area contributed by atoms with Crippen LogP contribution in [0.25, 0.3) is 5.65 Å². The van der Waals surface area contributed by atoms with Crippen molar-refractivity contribution in [1.82, 2.24) is 14.4 Å². The van der Waals surface area contributed by atoms with Crippen LogP contribution in [0, 0.1) is 6.92 Å². The highest BCUT2D eigenvalue weighted by Gasteiger charge is 2.28. The van der Waals surface area contributed by atoms with Crippen LogP contribution < -0.4 is 4.90 Å². The number of nitrogens with zero attached hydrogens (tertiary/aromatic N) is 4. The van der Waals surface area contributed by atoms with Gasteiger partial charge in [-0.15, -0.1) is 0 Å². The van der Waals surface area contributed by atoms with Gasteiger partial charge in [-0.2, -0.15) is 13.2 Å². The summed E-state index contributed by atoms with van der Waals surface area (Å²) in [4.78, 5) is 10.9. The van der Waals surface area contributed by atoms with Crippen LogP contribution in [0.15, 0.2) is 10.8 Å². The number of aryl methyl sites for hydroxylation is 2. The summed E-state index contributed by atoms with van der Waals surface area (Å²) in [6.45, 7) is 4.28. The molecule has 2 aromatic rings. The van der Waals surface area contributed by atoms with Crippen LogP contribution in [-0.4, -0.2) is 46.8 Å². The zero-order valence-corrected chi connectivity index (χ0v) is 14.1. The molecule has 0 N–H and O–H groups in total. The molecule has 0 amide bonds. The van der Waals surface area contributed by atoms with Gasteiger partial charge in [0.1, 0.15) is 4.60 Å². The van der Waals surface area contributed by atoms with E-state index in [1.54, 1.807) is 10.6 Å².